The van der Waals surface area contributed by atoms with Crippen molar-refractivity contribution in [3.05, 3.63) is 0 Å². The second kappa shape index (κ2) is 16.2. The van der Waals surface area contributed by atoms with Crippen LogP contribution in [0, 0.1) is 0 Å². The molecule has 3 nitrogen and oxygen atoms in total. The maximum absolute atomic E-state index is 8.56. The molecule has 0 aromatic heterocycles. The first-order valence-corrected chi connectivity index (χ1v) is 0.651. The van der Waals surface area contributed by atoms with Crippen LogP contribution in [0.4, 0.5) is 4.79 Å². The van der Waals surface area contributed by atoms with E-state index in [0.29, 0.717) is 0 Å². The smallest absolute Gasteiger partial charge is 1.00 e. The van der Waals surface area contributed by atoms with E-state index in [1.165, 1.54) is 0 Å². The van der Waals surface area contributed by atoms with E-state index in [2.05, 4.69) is 0 Å². The Hall–Kier alpha value is 3.43. The molecule has 0 unspecified atom stereocenters. The summed E-state index contributed by atoms with van der Waals surface area (Å²) in [4.78, 5) is 8.56. The average Bonchev–Trinajstić information content (AvgIpc) is 0.811. The van der Waals surface area contributed by atoms with Crippen molar-refractivity contribution in [2.45, 2.75) is 0 Å². The molecule has 0 amide bonds. The summed E-state index contributed by atoms with van der Waals surface area (Å²) in [6, 6.07) is 0. The van der Waals surface area contributed by atoms with Gasteiger partial charge < -0.3 is 15.9 Å². The SMILES string of the molecule is O=C(O)O.[Ba+2].[H-].[H-].[H-].[H-].[Sr+2].[Y]. The van der Waals surface area contributed by atoms with E-state index in [9.17, 15) is 0 Å². The van der Waals surface area contributed by atoms with E-state index in [4.69, 9.17) is 15.0 Å². The fourth-order valence-electron chi connectivity index (χ4n) is 0. The van der Waals surface area contributed by atoms with E-state index < -0.39 is 6.16 Å². The van der Waals surface area contributed by atoms with Crippen molar-refractivity contribution in [1.29, 1.82) is 0 Å². The molecule has 2 N–H and O–H groups in total. The van der Waals surface area contributed by atoms with Crippen molar-refractivity contribution in [2.24, 2.45) is 0 Å². The first kappa shape index (κ1) is 22.4. The molecule has 0 aromatic carbocycles. The standard InChI is InChI=1S/CH2O3.Ba.Sr.Y.4H/c2-1(3)4;;;;;;;/h(H2,2,3,4);;;;;;;/q;2*+2;;4*-1. The Morgan fingerprint density at radius 3 is 1.43 bits per heavy atom. The number of carboxylic acid groups (broad SMARTS) is 2. The number of rotatable bonds is 0. The third kappa shape index (κ3) is 44.3. The van der Waals surface area contributed by atoms with Crippen molar-refractivity contribution in [1.82, 2.24) is 0 Å². The molecule has 0 aromatic rings. The molecule has 0 atom stereocenters. The first-order valence-electron chi connectivity index (χ1n) is 0.651. The van der Waals surface area contributed by atoms with Crippen molar-refractivity contribution >= 4 is 101 Å². The van der Waals surface area contributed by atoms with Gasteiger partial charge in [0, 0.05) is 32.7 Å². The van der Waals surface area contributed by atoms with Crippen LogP contribution in [0.15, 0.2) is 0 Å². The summed E-state index contributed by atoms with van der Waals surface area (Å²) in [5.41, 5.74) is 0. The van der Waals surface area contributed by atoms with Crippen LogP contribution in [0.5, 0.6) is 0 Å². The zero-order valence-electron chi connectivity index (χ0n) is 7.79. The van der Waals surface area contributed by atoms with Gasteiger partial charge in [-0.3, -0.25) is 0 Å². The quantitative estimate of drug-likeness (QED) is 0.578. The zero-order valence-corrected chi connectivity index (χ0v) is 14.5. The summed E-state index contributed by atoms with van der Waals surface area (Å²) in [5.74, 6) is 0. The third-order valence-electron chi connectivity index (χ3n) is 0. The van der Waals surface area contributed by atoms with Gasteiger partial charge in [0.2, 0.25) is 0 Å². The van der Waals surface area contributed by atoms with E-state index in [-0.39, 0.29) is 133 Å². The first-order chi connectivity index (χ1) is 1.73. The number of hydrogen-bond acceptors (Lipinski definition) is 1. The summed E-state index contributed by atoms with van der Waals surface area (Å²) >= 11 is 0. The van der Waals surface area contributed by atoms with Crippen molar-refractivity contribution in [2.75, 3.05) is 0 Å². The van der Waals surface area contributed by atoms with E-state index in [1.807, 2.05) is 0 Å². The molecule has 0 heterocycles. The topological polar surface area (TPSA) is 57.5 Å². The minimum absolute atomic E-state index is 0. The Morgan fingerprint density at radius 2 is 1.43 bits per heavy atom. The molecular formula is CH6BaO3SrY. The van der Waals surface area contributed by atoms with Gasteiger partial charge in [0.25, 0.3) is 0 Å². The van der Waals surface area contributed by atoms with Gasteiger partial charge in [-0.15, -0.1) is 0 Å². The Labute approximate surface area is 150 Å². The predicted molar refractivity (Wildman–Crippen MR) is 26.6 cm³/mol. The number of hydrogen-bond donors (Lipinski definition) is 2. The molecule has 0 saturated carbocycles. The van der Waals surface area contributed by atoms with Crippen LogP contribution >= 0.6 is 0 Å². The van der Waals surface area contributed by atoms with Gasteiger partial charge >= 0.3 is 101 Å². The summed E-state index contributed by atoms with van der Waals surface area (Å²) in [6.07, 6.45) is -1.83. The normalized spacial score (nSPS) is 3.43. The fraction of sp³-hybridized carbons (Fsp3) is 0. The molecule has 0 fully saturated rings. The Bertz CT molecular complexity index is 48.3. The summed E-state index contributed by atoms with van der Waals surface area (Å²) in [6.45, 7) is 0. The Kier molecular flexibility index (Phi) is 51.9. The second-order valence-corrected chi connectivity index (χ2v) is 0.283. The molecule has 0 aliphatic rings. The molecule has 0 bridgehead atoms. The van der Waals surface area contributed by atoms with Gasteiger partial charge in [0.05, 0.1) is 0 Å². The van der Waals surface area contributed by atoms with Crippen LogP contribution in [-0.2, 0) is 32.7 Å². The van der Waals surface area contributed by atoms with Crippen LogP contribution in [0.1, 0.15) is 5.71 Å². The molecule has 6 heteroatoms. The summed E-state index contributed by atoms with van der Waals surface area (Å²) < 4.78 is 0. The second-order valence-electron chi connectivity index (χ2n) is 0.283. The fourth-order valence-corrected chi connectivity index (χ4v) is 0. The van der Waals surface area contributed by atoms with E-state index >= 15 is 0 Å². The molecular weight excluding hydrogens is 374 g/mol. The minimum Gasteiger partial charge on any atom is -1.00 e. The van der Waals surface area contributed by atoms with E-state index in [0.717, 1.165) is 0 Å². The number of carbonyl (C=O) groups is 1. The van der Waals surface area contributed by atoms with Gasteiger partial charge in [-0.1, -0.05) is 0 Å². The molecule has 7 heavy (non-hydrogen) atoms. The van der Waals surface area contributed by atoms with Gasteiger partial charge in [-0.05, 0) is 0 Å². The molecule has 1 radical (unpaired) electrons. The van der Waals surface area contributed by atoms with Crippen LogP contribution in [0.25, 0.3) is 0 Å². The van der Waals surface area contributed by atoms with Gasteiger partial charge in [-0.25, -0.2) is 4.79 Å². The van der Waals surface area contributed by atoms with Crippen LogP contribution in [0.3, 0.4) is 0 Å². The average molecular weight is 380 g/mol. The molecule has 35 valence electrons. The summed E-state index contributed by atoms with van der Waals surface area (Å²) in [5, 5.41) is 13.9. The third-order valence-corrected chi connectivity index (χ3v) is 0. The Balaban J connectivity index is -0.00000000214. The zero-order chi connectivity index (χ0) is 3.58. The minimum atomic E-state index is -1.83. The largest absolute Gasteiger partial charge is 2.00 e. The van der Waals surface area contributed by atoms with Gasteiger partial charge in [0.15, 0.2) is 0 Å². The van der Waals surface area contributed by atoms with Gasteiger partial charge in [0.1, 0.15) is 0 Å². The van der Waals surface area contributed by atoms with E-state index in [1.54, 1.807) is 0 Å². The molecule has 0 aliphatic heterocycles. The maximum Gasteiger partial charge on any atom is 2.00 e. The van der Waals surface area contributed by atoms with Crippen molar-refractivity contribution < 1.29 is 53.4 Å². The van der Waals surface area contributed by atoms with Crippen LogP contribution in [0.2, 0.25) is 0 Å². The molecule has 0 saturated heterocycles. The monoisotopic (exact) mass is 381 g/mol. The molecule has 0 spiro atoms. The summed E-state index contributed by atoms with van der Waals surface area (Å²) in [7, 11) is 0. The molecule has 0 rings (SSSR count). The van der Waals surface area contributed by atoms with Crippen molar-refractivity contribution in [3.63, 3.8) is 0 Å². The molecule has 0 aliphatic carbocycles. The Morgan fingerprint density at radius 1 is 1.43 bits per heavy atom. The maximum atomic E-state index is 8.56. The van der Waals surface area contributed by atoms with Crippen LogP contribution in [-0.4, -0.2) is 111 Å². The predicted octanol–water partition coefficient (Wildman–Crippen LogP) is -0.0917. The van der Waals surface area contributed by atoms with Crippen molar-refractivity contribution in [3.8, 4) is 0 Å². The van der Waals surface area contributed by atoms with Gasteiger partial charge in [-0.2, -0.15) is 0 Å². The van der Waals surface area contributed by atoms with Crippen LogP contribution < -0.4 is 0 Å².